The maximum absolute atomic E-state index is 13.5. The average Bonchev–Trinajstić information content (AvgIpc) is 3.26. The van der Waals surface area contributed by atoms with Crippen molar-refractivity contribution < 1.29 is 22.5 Å². The van der Waals surface area contributed by atoms with Crippen molar-refractivity contribution in [1.82, 2.24) is 5.16 Å². The normalized spacial score (nSPS) is 11.2. The molecule has 150 valence electrons. The Balaban J connectivity index is 1.94. The first kappa shape index (κ1) is 19.6. The lowest BCUT2D eigenvalue weighted by molar-refractivity contribution is 0.102. The second kappa shape index (κ2) is 7.96. The van der Waals surface area contributed by atoms with Gasteiger partial charge in [0.15, 0.2) is 16.3 Å². The summed E-state index contributed by atoms with van der Waals surface area (Å²) >= 11 is 0. The molecule has 0 fully saturated rings. The van der Waals surface area contributed by atoms with Gasteiger partial charge in [-0.2, -0.15) is 0 Å². The molecular weight excluding hydrogens is 402 g/mol. The third kappa shape index (κ3) is 3.51. The van der Waals surface area contributed by atoms with E-state index < -0.39 is 15.6 Å². The molecule has 0 saturated carbocycles. The van der Waals surface area contributed by atoms with Crippen LogP contribution >= 0.6 is 0 Å². The van der Waals surface area contributed by atoms with E-state index in [0.29, 0.717) is 16.9 Å². The van der Waals surface area contributed by atoms with Crippen molar-refractivity contribution in [2.45, 2.75) is 9.79 Å². The quantitative estimate of drug-likeness (QED) is 0.430. The van der Waals surface area contributed by atoms with Crippen LogP contribution in [0.3, 0.4) is 0 Å². The second-order valence-corrected chi connectivity index (χ2v) is 8.32. The maximum atomic E-state index is 13.5. The first-order chi connectivity index (χ1) is 14.5. The van der Waals surface area contributed by atoms with Crippen molar-refractivity contribution in [2.24, 2.45) is 0 Å². The molecule has 0 amide bonds. The minimum Gasteiger partial charge on any atom is -0.497 e. The van der Waals surface area contributed by atoms with Crippen LogP contribution in [0.5, 0.6) is 5.75 Å². The highest BCUT2D eigenvalue weighted by atomic mass is 32.2. The lowest BCUT2D eigenvalue weighted by Crippen LogP contribution is -2.11. The van der Waals surface area contributed by atoms with E-state index in [9.17, 15) is 13.2 Å². The standard InChI is InChI=1S/C23H17NO5S/c1-28-18-14-12-17(13-15-18)22-23(30(26,27)19-10-6-3-7-11-19)20(24-29-22)21(25)16-8-4-2-5-9-16/h2-15H,1H3. The molecule has 0 aliphatic rings. The van der Waals surface area contributed by atoms with Gasteiger partial charge >= 0.3 is 0 Å². The van der Waals surface area contributed by atoms with Gasteiger partial charge in [0.2, 0.25) is 15.6 Å². The third-order valence-electron chi connectivity index (χ3n) is 4.58. The summed E-state index contributed by atoms with van der Waals surface area (Å²) in [6, 6.07) is 22.9. The lowest BCUT2D eigenvalue weighted by atomic mass is 10.1. The largest absolute Gasteiger partial charge is 0.497 e. The Hall–Kier alpha value is -3.71. The molecule has 0 unspecified atom stereocenters. The number of aromatic nitrogens is 1. The van der Waals surface area contributed by atoms with Crippen LogP contribution in [0.1, 0.15) is 16.1 Å². The van der Waals surface area contributed by atoms with Crippen LogP contribution < -0.4 is 4.74 Å². The number of carbonyl (C=O) groups is 1. The van der Waals surface area contributed by atoms with E-state index >= 15 is 0 Å². The van der Waals surface area contributed by atoms with Gasteiger partial charge < -0.3 is 9.26 Å². The predicted octanol–water partition coefficient (Wildman–Crippen LogP) is 4.41. The van der Waals surface area contributed by atoms with Gasteiger partial charge in [-0.15, -0.1) is 0 Å². The van der Waals surface area contributed by atoms with Gasteiger partial charge in [-0.1, -0.05) is 53.7 Å². The molecule has 30 heavy (non-hydrogen) atoms. The van der Waals surface area contributed by atoms with Crippen LogP contribution in [0.25, 0.3) is 11.3 Å². The third-order valence-corrected chi connectivity index (χ3v) is 6.38. The number of hydrogen-bond acceptors (Lipinski definition) is 6. The molecule has 0 saturated heterocycles. The van der Waals surface area contributed by atoms with Crippen LogP contribution in [0.4, 0.5) is 0 Å². The van der Waals surface area contributed by atoms with Gasteiger partial charge in [0.05, 0.1) is 12.0 Å². The Bertz CT molecular complexity index is 1280. The monoisotopic (exact) mass is 419 g/mol. The van der Waals surface area contributed by atoms with Gasteiger partial charge in [0.1, 0.15) is 5.75 Å². The number of ketones is 1. The zero-order valence-corrected chi connectivity index (χ0v) is 16.8. The molecule has 4 aromatic rings. The lowest BCUT2D eigenvalue weighted by Gasteiger charge is -2.07. The summed E-state index contributed by atoms with van der Waals surface area (Å²) in [5, 5.41) is 3.87. The molecule has 0 aliphatic heterocycles. The van der Waals surface area contributed by atoms with Crippen LogP contribution in [0, 0.1) is 0 Å². The van der Waals surface area contributed by atoms with Gasteiger partial charge in [-0.05, 0) is 36.4 Å². The number of methoxy groups -OCH3 is 1. The van der Waals surface area contributed by atoms with Crippen molar-refractivity contribution in [3.8, 4) is 17.1 Å². The molecule has 7 heteroatoms. The molecule has 4 rings (SSSR count). The summed E-state index contributed by atoms with van der Waals surface area (Å²) < 4.78 is 37.6. The van der Waals surface area contributed by atoms with E-state index in [0.717, 1.165) is 0 Å². The highest BCUT2D eigenvalue weighted by Gasteiger charge is 2.34. The second-order valence-electron chi connectivity index (χ2n) is 6.43. The number of ether oxygens (including phenoxy) is 1. The molecule has 0 bridgehead atoms. The summed E-state index contributed by atoms with van der Waals surface area (Å²) in [5.74, 6) is 0.0701. The fraction of sp³-hybridized carbons (Fsp3) is 0.0435. The van der Waals surface area contributed by atoms with Crippen LogP contribution in [0.15, 0.2) is 99.2 Å². The first-order valence-electron chi connectivity index (χ1n) is 9.06. The van der Waals surface area contributed by atoms with E-state index in [1.54, 1.807) is 72.8 Å². The molecule has 0 atom stereocenters. The zero-order chi connectivity index (χ0) is 21.1. The van der Waals surface area contributed by atoms with E-state index in [1.165, 1.54) is 19.2 Å². The molecule has 6 nitrogen and oxygen atoms in total. The number of sulfone groups is 1. The van der Waals surface area contributed by atoms with Crippen LogP contribution in [-0.2, 0) is 9.84 Å². The molecule has 0 spiro atoms. The summed E-state index contributed by atoms with van der Waals surface area (Å²) in [7, 11) is -2.55. The highest BCUT2D eigenvalue weighted by Crippen LogP contribution is 2.35. The van der Waals surface area contributed by atoms with Crippen LogP contribution in [0.2, 0.25) is 0 Å². The van der Waals surface area contributed by atoms with Crippen molar-refractivity contribution in [1.29, 1.82) is 0 Å². The van der Waals surface area contributed by atoms with E-state index in [2.05, 4.69) is 5.16 Å². The minimum atomic E-state index is -4.08. The molecule has 1 heterocycles. The summed E-state index contributed by atoms with van der Waals surface area (Å²) in [6.07, 6.45) is 0. The maximum Gasteiger partial charge on any atom is 0.216 e. The topological polar surface area (TPSA) is 86.5 Å². The summed E-state index contributed by atoms with van der Waals surface area (Å²) in [4.78, 5) is 12.9. The van der Waals surface area contributed by atoms with E-state index in [1.807, 2.05) is 0 Å². The van der Waals surface area contributed by atoms with Crippen LogP contribution in [-0.4, -0.2) is 26.5 Å². The van der Waals surface area contributed by atoms with Crippen molar-refractivity contribution >= 4 is 15.6 Å². The smallest absolute Gasteiger partial charge is 0.216 e. The Morgan fingerprint density at radius 3 is 2.07 bits per heavy atom. The highest BCUT2D eigenvalue weighted by molar-refractivity contribution is 7.91. The molecule has 0 radical (unpaired) electrons. The Morgan fingerprint density at radius 1 is 0.867 bits per heavy atom. The fourth-order valence-corrected chi connectivity index (χ4v) is 4.58. The minimum absolute atomic E-state index is 0.000729. The Kier molecular flexibility index (Phi) is 5.20. The molecular formula is C23H17NO5S. The predicted molar refractivity (Wildman–Crippen MR) is 110 cm³/mol. The SMILES string of the molecule is COc1ccc(-c2onc(C(=O)c3ccccc3)c2S(=O)(=O)c2ccccc2)cc1. The average molecular weight is 419 g/mol. The van der Waals surface area contributed by atoms with Gasteiger partial charge in [0, 0.05) is 11.1 Å². The van der Waals surface area contributed by atoms with Crippen molar-refractivity contribution in [2.75, 3.05) is 7.11 Å². The first-order valence-corrected chi connectivity index (χ1v) is 10.5. The van der Waals surface area contributed by atoms with E-state index in [4.69, 9.17) is 9.26 Å². The molecule has 1 aromatic heterocycles. The number of nitrogens with zero attached hydrogens (tertiary/aromatic N) is 1. The Labute approximate surface area is 173 Å². The Morgan fingerprint density at radius 2 is 1.47 bits per heavy atom. The number of benzene rings is 3. The van der Waals surface area contributed by atoms with E-state index in [-0.39, 0.29) is 21.2 Å². The summed E-state index contributed by atoms with van der Waals surface area (Å²) in [6.45, 7) is 0. The zero-order valence-electron chi connectivity index (χ0n) is 16.0. The number of carbonyl (C=O) groups excluding carboxylic acids is 1. The number of rotatable bonds is 6. The van der Waals surface area contributed by atoms with Gasteiger partial charge in [-0.3, -0.25) is 4.79 Å². The molecule has 0 N–H and O–H groups in total. The molecule has 3 aromatic carbocycles. The van der Waals surface area contributed by atoms with Gasteiger partial charge in [0.25, 0.3) is 0 Å². The number of hydrogen-bond donors (Lipinski definition) is 0. The molecule has 0 aliphatic carbocycles. The van der Waals surface area contributed by atoms with Crippen molar-refractivity contribution in [3.05, 3.63) is 96.2 Å². The summed E-state index contributed by atoms with van der Waals surface area (Å²) in [5.41, 5.74) is 0.525. The fourth-order valence-electron chi connectivity index (χ4n) is 3.05. The van der Waals surface area contributed by atoms with Crippen molar-refractivity contribution in [3.63, 3.8) is 0 Å². The van der Waals surface area contributed by atoms with Gasteiger partial charge in [-0.25, -0.2) is 8.42 Å².